The number of halogens is 4. The molecule has 2 rings (SSSR count). The van der Waals surface area contributed by atoms with E-state index in [2.05, 4.69) is 9.97 Å². The summed E-state index contributed by atoms with van der Waals surface area (Å²) in [4.78, 5) is 17.1. The Hall–Kier alpha value is -2.02. The van der Waals surface area contributed by atoms with Crippen molar-refractivity contribution >= 4 is 11.6 Å². The Morgan fingerprint density at radius 2 is 2.05 bits per heavy atom. The molecule has 0 saturated carbocycles. The minimum atomic E-state index is -4.80. The highest BCUT2D eigenvalue weighted by molar-refractivity contribution is 6.30. The van der Waals surface area contributed by atoms with Crippen LogP contribution in [-0.4, -0.2) is 9.97 Å². The van der Waals surface area contributed by atoms with Crippen LogP contribution in [-0.2, 0) is 6.18 Å². The van der Waals surface area contributed by atoms with E-state index in [0.29, 0.717) is 0 Å². The Bertz CT molecular complexity index is 698. The van der Waals surface area contributed by atoms with Gasteiger partial charge in [0.05, 0.1) is 0 Å². The number of benzene rings is 1. The van der Waals surface area contributed by atoms with E-state index < -0.39 is 23.2 Å². The van der Waals surface area contributed by atoms with Crippen LogP contribution in [0.3, 0.4) is 0 Å². The van der Waals surface area contributed by atoms with Crippen molar-refractivity contribution in [3.8, 4) is 11.5 Å². The molecule has 0 radical (unpaired) electrons. The van der Waals surface area contributed by atoms with Gasteiger partial charge in [-0.25, -0.2) is 4.98 Å². The Morgan fingerprint density at radius 1 is 1.35 bits per heavy atom. The van der Waals surface area contributed by atoms with Gasteiger partial charge in [-0.15, -0.1) is 0 Å². The lowest BCUT2D eigenvalue weighted by atomic mass is 10.3. The van der Waals surface area contributed by atoms with E-state index in [4.69, 9.17) is 16.3 Å². The zero-order valence-electron chi connectivity index (χ0n) is 10.1. The summed E-state index contributed by atoms with van der Waals surface area (Å²) in [6.07, 6.45) is -4.80. The van der Waals surface area contributed by atoms with Crippen molar-refractivity contribution in [2.75, 3.05) is 0 Å². The second kappa shape index (κ2) is 5.16. The number of H-pyrrole nitrogens is 1. The van der Waals surface area contributed by atoms with Crippen molar-refractivity contribution in [2.45, 2.75) is 13.1 Å². The highest BCUT2D eigenvalue weighted by Crippen LogP contribution is 2.34. The smallest absolute Gasteiger partial charge is 0.437 e. The molecule has 2 aromatic rings. The lowest BCUT2D eigenvalue weighted by Crippen LogP contribution is -2.20. The maximum Gasteiger partial charge on any atom is 0.437 e. The number of nitrogens with one attached hydrogen (secondary N) is 1. The van der Waals surface area contributed by atoms with Crippen LogP contribution in [0.1, 0.15) is 11.5 Å². The molecule has 0 aliphatic carbocycles. The summed E-state index contributed by atoms with van der Waals surface area (Å²) in [6, 6.07) is 5.68. The summed E-state index contributed by atoms with van der Waals surface area (Å²) in [5.41, 5.74) is -2.39. The molecule has 0 atom stereocenters. The standard InChI is InChI=1S/C12H8ClF3N2O2/c1-6-17-10(12(14,15)16)9(11(19)18-6)20-8-4-2-3-7(13)5-8/h2-5H,1H3,(H,17,18,19). The zero-order chi connectivity index (χ0) is 14.9. The van der Waals surface area contributed by atoms with Gasteiger partial charge in [0.25, 0.3) is 5.56 Å². The third-order valence-electron chi connectivity index (χ3n) is 2.28. The molecule has 1 N–H and O–H groups in total. The van der Waals surface area contributed by atoms with Crippen molar-refractivity contribution in [3.63, 3.8) is 0 Å². The summed E-state index contributed by atoms with van der Waals surface area (Å²) < 4.78 is 43.6. The van der Waals surface area contributed by atoms with Crippen LogP contribution in [0.2, 0.25) is 5.02 Å². The summed E-state index contributed by atoms with van der Waals surface area (Å²) in [5.74, 6) is -1.05. The molecule has 8 heteroatoms. The van der Waals surface area contributed by atoms with Crippen molar-refractivity contribution < 1.29 is 17.9 Å². The monoisotopic (exact) mass is 304 g/mol. The molecule has 106 valence electrons. The number of nitrogens with zero attached hydrogens (tertiary/aromatic N) is 1. The first kappa shape index (κ1) is 14.4. The lowest BCUT2D eigenvalue weighted by molar-refractivity contribution is -0.142. The summed E-state index contributed by atoms with van der Waals surface area (Å²) >= 11 is 5.70. The van der Waals surface area contributed by atoms with E-state index in [0.717, 1.165) is 0 Å². The minimum Gasteiger partial charge on any atom is -0.449 e. The zero-order valence-corrected chi connectivity index (χ0v) is 10.8. The summed E-state index contributed by atoms with van der Waals surface area (Å²) in [5, 5.41) is 0.271. The van der Waals surface area contributed by atoms with Crippen LogP contribution in [0, 0.1) is 6.92 Å². The maximum atomic E-state index is 12.9. The molecule has 0 saturated heterocycles. The van der Waals surface area contributed by atoms with E-state index >= 15 is 0 Å². The molecule has 4 nitrogen and oxygen atoms in total. The van der Waals surface area contributed by atoms with Crippen molar-refractivity contribution in [1.82, 2.24) is 9.97 Å². The molecule has 1 aromatic carbocycles. The highest BCUT2D eigenvalue weighted by atomic mass is 35.5. The number of alkyl halides is 3. The van der Waals surface area contributed by atoms with E-state index in [9.17, 15) is 18.0 Å². The fraction of sp³-hybridized carbons (Fsp3) is 0.167. The molecule has 1 aromatic heterocycles. The SMILES string of the molecule is Cc1nc(C(F)(F)F)c(Oc2cccc(Cl)c2)c(=O)[nH]1. The second-order valence-electron chi connectivity index (χ2n) is 3.89. The molecule has 0 spiro atoms. The molecule has 0 amide bonds. The van der Waals surface area contributed by atoms with E-state index in [1.807, 2.05) is 0 Å². The third-order valence-corrected chi connectivity index (χ3v) is 2.51. The van der Waals surface area contributed by atoms with Gasteiger partial charge in [0.15, 0.2) is 5.69 Å². The summed E-state index contributed by atoms with van der Waals surface area (Å²) in [6.45, 7) is 1.25. The number of aryl methyl sites for hydroxylation is 1. The quantitative estimate of drug-likeness (QED) is 0.923. The van der Waals surface area contributed by atoms with Gasteiger partial charge in [-0.1, -0.05) is 17.7 Å². The van der Waals surface area contributed by atoms with Crippen LogP contribution in [0.5, 0.6) is 11.5 Å². The average Bonchev–Trinajstić information content (AvgIpc) is 2.31. The number of hydrogen-bond acceptors (Lipinski definition) is 3. The van der Waals surface area contributed by atoms with Gasteiger partial charge in [-0.2, -0.15) is 13.2 Å². The van der Waals surface area contributed by atoms with Gasteiger partial charge in [0, 0.05) is 5.02 Å². The molecule has 0 aliphatic heterocycles. The highest BCUT2D eigenvalue weighted by Gasteiger charge is 2.38. The molecule has 0 bridgehead atoms. The van der Waals surface area contributed by atoms with Crippen LogP contribution >= 0.6 is 11.6 Å². The van der Waals surface area contributed by atoms with Gasteiger partial charge in [-0.3, -0.25) is 4.79 Å². The second-order valence-corrected chi connectivity index (χ2v) is 4.32. The van der Waals surface area contributed by atoms with Gasteiger partial charge < -0.3 is 9.72 Å². The topological polar surface area (TPSA) is 55.0 Å². The molecule has 20 heavy (non-hydrogen) atoms. The first-order valence-electron chi connectivity index (χ1n) is 5.39. The normalized spacial score (nSPS) is 11.4. The number of aromatic amines is 1. The fourth-order valence-corrected chi connectivity index (χ4v) is 1.69. The molecule has 0 fully saturated rings. The van der Waals surface area contributed by atoms with E-state index in [-0.39, 0.29) is 16.6 Å². The average molecular weight is 305 g/mol. The van der Waals surface area contributed by atoms with Gasteiger partial charge in [-0.05, 0) is 25.1 Å². The predicted octanol–water partition coefficient (Wildman–Crippen LogP) is 3.54. The van der Waals surface area contributed by atoms with Gasteiger partial charge in [0.2, 0.25) is 5.75 Å². The first-order chi connectivity index (χ1) is 9.27. The molecule has 0 aliphatic rings. The molecule has 0 unspecified atom stereocenters. The van der Waals surface area contributed by atoms with Crippen molar-refractivity contribution in [1.29, 1.82) is 0 Å². The minimum absolute atomic E-state index is 0.0131. The van der Waals surface area contributed by atoms with Crippen molar-refractivity contribution in [2.24, 2.45) is 0 Å². The number of ether oxygens (including phenoxy) is 1. The molecular formula is C12H8ClF3N2O2. The Morgan fingerprint density at radius 3 is 2.65 bits per heavy atom. The predicted molar refractivity (Wildman–Crippen MR) is 66.1 cm³/mol. The van der Waals surface area contributed by atoms with Crippen molar-refractivity contribution in [3.05, 3.63) is 51.2 Å². The van der Waals surface area contributed by atoms with Gasteiger partial charge >= 0.3 is 6.18 Å². The van der Waals surface area contributed by atoms with Crippen LogP contribution < -0.4 is 10.3 Å². The number of hydrogen-bond donors (Lipinski definition) is 1. The Kier molecular flexibility index (Phi) is 3.71. The Balaban J connectivity index is 2.54. The number of aromatic nitrogens is 2. The summed E-state index contributed by atoms with van der Waals surface area (Å²) in [7, 11) is 0. The van der Waals surface area contributed by atoms with Crippen LogP contribution in [0.15, 0.2) is 29.1 Å². The first-order valence-corrected chi connectivity index (χ1v) is 5.76. The molecular weight excluding hydrogens is 297 g/mol. The van der Waals surface area contributed by atoms with E-state index in [1.54, 1.807) is 0 Å². The fourth-order valence-electron chi connectivity index (χ4n) is 1.51. The van der Waals surface area contributed by atoms with Crippen LogP contribution in [0.25, 0.3) is 0 Å². The number of rotatable bonds is 2. The van der Waals surface area contributed by atoms with E-state index in [1.165, 1.54) is 31.2 Å². The Labute approximate surface area is 116 Å². The molecule has 1 heterocycles. The lowest BCUT2D eigenvalue weighted by Gasteiger charge is -2.12. The largest absolute Gasteiger partial charge is 0.449 e. The third kappa shape index (κ3) is 3.11. The maximum absolute atomic E-state index is 12.9. The van der Waals surface area contributed by atoms with Crippen LogP contribution in [0.4, 0.5) is 13.2 Å². The van der Waals surface area contributed by atoms with Gasteiger partial charge in [0.1, 0.15) is 11.6 Å².